The molecular formula is C11H14FNO2. The molecule has 1 rings (SSSR count). The van der Waals surface area contributed by atoms with Gasteiger partial charge in [-0.1, -0.05) is 0 Å². The van der Waals surface area contributed by atoms with Crippen LogP contribution in [0.4, 0.5) is 9.18 Å². The van der Waals surface area contributed by atoms with E-state index in [0.717, 1.165) is 0 Å². The number of ether oxygens (including phenoxy) is 1. The Morgan fingerprint density at radius 3 is 2.27 bits per heavy atom. The zero-order valence-corrected chi connectivity index (χ0v) is 9.00. The molecule has 0 unspecified atom stereocenters. The van der Waals surface area contributed by atoms with Crippen molar-refractivity contribution >= 4 is 6.09 Å². The lowest BCUT2D eigenvalue weighted by atomic mass is 10.1. The van der Waals surface area contributed by atoms with Crippen LogP contribution in [0.1, 0.15) is 20.8 Å². The highest BCUT2D eigenvalue weighted by molar-refractivity contribution is 5.71. The van der Waals surface area contributed by atoms with Crippen molar-refractivity contribution in [2.24, 2.45) is 0 Å². The molecule has 0 aliphatic carbocycles. The fraction of sp³-hybridized carbons (Fsp3) is 0.364. The topological polar surface area (TPSA) is 38.3 Å². The maximum Gasteiger partial charge on any atom is 0.413 e. The van der Waals surface area contributed by atoms with Gasteiger partial charge < -0.3 is 10.1 Å². The number of hydrogen-bond donors (Lipinski definition) is 1. The van der Waals surface area contributed by atoms with E-state index < -0.39 is 6.09 Å². The Hall–Kier alpha value is -1.58. The van der Waals surface area contributed by atoms with Crippen molar-refractivity contribution in [2.45, 2.75) is 26.3 Å². The van der Waals surface area contributed by atoms with E-state index in [1.54, 1.807) is 0 Å². The Balaban J connectivity index is 2.55. The summed E-state index contributed by atoms with van der Waals surface area (Å²) in [5.74, 6) is -0.0447. The van der Waals surface area contributed by atoms with E-state index in [4.69, 9.17) is 4.74 Å². The number of carbonyl (C=O) groups is 1. The number of nitrogens with one attached hydrogen (secondary N) is 1. The summed E-state index contributed by atoms with van der Waals surface area (Å²) in [6.07, 6.45) is -0.547. The first-order chi connectivity index (χ1) is 6.87. The molecule has 15 heavy (non-hydrogen) atoms. The molecule has 4 heteroatoms. The Morgan fingerprint density at radius 2 is 1.80 bits per heavy atom. The molecule has 0 spiro atoms. The number of halogens is 1. The number of rotatable bonds is 1. The SMILES string of the molecule is CC(C)(C)NC(=O)Oc1ccc(F)cc1. The second-order valence-electron chi connectivity index (χ2n) is 4.22. The zero-order chi connectivity index (χ0) is 11.5. The monoisotopic (exact) mass is 211 g/mol. The first-order valence-corrected chi connectivity index (χ1v) is 4.62. The molecule has 0 saturated heterocycles. The summed E-state index contributed by atoms with van der Waals surface area (Å²) in [7, 11) is 0. The van der Waals surface area contributed by atoms with Gasteiger partial charge in [0.15, 0.2) is 0 Å². The molecule has 3 nitrogen and oxygen atoms in total. The van der Waals surface area contributed by atoms with Crippen LogP contribution in [-0.2, 0) is 0 Å². The summed E-state index contributed by atoms with van der Waals surface area (Å²) in [6.45, 7) is 5.54. The second kappa shape index (κ2) is 4.29. The number of hydrogen-bond acceptors (Lipinski definition) is 2. The van der Waals surface area contributed by atoms with E-state index in [1.807, 2.05) is 20.8 Å². The highest BCUT2D eigenvalue weighted by Crippen LogP contribution is 2.11. The van der Waals surface area contributed by atoms with Crippen molar-refractivity contribution < 1.29 is 13.9 Å². The van der Waals surface area contributed by atoms with Gasteiger partial charge in [0.25, 0.3) is 0 Å². The molecule has 0 radical (unpaired) electrons. The quantitative estimate of drug-likeness (QED) is 0.775. The normalized spacial score (nSPS) is 10.9. The van der Waals surface area contributed by atoms with E-state index in [0.29, 0.717) is 5.75 Å². The van der Waals surface area contributed by atoms with Crippen molar-refractivity contribution in [1.82, 2.24) is 5.32 Å². The maximum atomic E-state index is 12.5. The Kier molecular flexibility index (Phi) is 3.29. The Labute approximate surface area is 88.2 Å². The van der Waals surface area contributed by atoms with Crippen molar-refractivity contribution in [3.05, 3.63) is 30.1 Å². The molecule has 0 aliphatic rings. The molecule has 1 aromatic rings. The van der Waals surface area contributed by atoms with Gasteiger partial charge in [0, 0.05) is 5.54 Å². The number of benzene rings is 1. The molecule has 0 heterocycles. The fourth-order valence-electron chi connectivity index (χ4n) is 0.941. The van der Waals surface area contributed by atoms with Crippen LogP contribution < -0.4 is 10.1 Å². The Bertz CT molecular complexity index is 341. The summed E-state index contributed by atoms with van der Waals surface area (Å²) in [5.41, 5.74) is -0.350. The van der Waals surface area contributed by atoms with Gasteiger partial charge in [-0.05, 0) is 45.0 Å². The van der Waals surface area contributed by atoms with Crippen LogP contribution in [0.25, 0.3) is 0 Å². The van der Waals surface area contributed by atoms with Gasteiger partial charge in [0.2, 0.25) is 0 Å². The molecular weight excluding hydrogens is 197 g/mol. The summed E-state index contributed by atoms with van der Waals surface area (Å²) in [5, 5.41) is 2.63. The highest BCUT2D eigenvalue weighted by atomic mass is 19.1. The van der Waals surface area contributed by atoms with Crippen LogP contribution in [0, 0.1) is 5.82 Å². The van der Waals surface area contributed by atoms with Crippen molar-refractivity contribution in [3.8, 4) is 5.75 Å². The van der Waals surface area contributed by atoms with Crippen LogP contribution in [0.3, 0.4) is 0 Å². The summed E-state index contributed by atoms with van der Waals surface area (Å²) >= 11 is 0. The standard InChI is InChI=1S/C11H14FNO2/c1-11(2,3)13-10(14)15-9-6-4-8(12)5-7-9/h4-7H,1-3H3,(H,13,14). The minimum absolute atomic E-state index is 0.318. The third-order valence-corrected chi connectivity index (χ3v) is 1.50. The molecule has 1 amide bonds. The van der Waals surface area contributed by atoms with Crippen LogP contribution >= 0.6 is 0 Å². The smallest absolute Gasteiger partial charge is 0.410 e. The lowest BCUT2D eigenvalue weighted by Crippen LogP contribution is -2.42. The van der Waals surface area contributed by atoms with Crippen molar-refractivity contribution in [3.63, 3.8) is 0 Å². The lowest BCUT2D eigenvalue weighted by Gasteiger charge is -2.19. The molecule has 0 aromatic heterocycles. The summed E-state index contributed by atoms with van der Waals surface area (Å²) < 4.78 is 17.5. The van der Waals surface area contributed by atoms with Gasteiger partial charge in [-0.25, -0.2) is 9.18 Å². The fourth-order valence-corrected chi connectivity index (χ4v) is 0.941. The van der Waals surface area contributed by atoms with Crippen molar-refractivity contribution in [1.29, 1.82) is 0 Å². The Morgan fingerprint density at radius 1 is 1.27 bits per heavy atom. The van der Waals surface area contributed by atoms with Gasteiger partial charge in [0.05, 0.1) is 0 Å². The van der Waals surface area contributed by atoms with Gasteiger partial charge in [-0.3, -0.25) is 0 Å². The van der Waals surface area contributed by atoms with Gasteiger partial charge in [0.1, 0.15) is 11.6 Å². The lowest BCUT2D eigenvalue weighted by molar-refractivity contribution is 0.190. The predicted octanol–water partition coefficient (Wildman–Crippen LogP) is 2.71. The third kappa shape index (κ3) is 4.44. The number of carbonyl (C=O) groups excluding carboxylic acids is 1. The molecule has 0 fully saturated rings. The molecule has 0 saturated carbocycles. The zero-order valence-electron chi connectivity index (χ0n) is 9.00. The average Bonchev–Trinajstić information content (AvgIpc) is 2.05. The summed E-state index contributed by atoms with van der Waals surface area (Å²) in [6, 6.07) is 5.27. The largest absolute Gasteiger partial charge is 0.413 e. The van der Waals surface area contributed by atoms with Crippen LogP contribution in [0.2, 0.25) is 0 Å². The van der Waals surface area contributed by atoms with E-state index in [9.17, 15) is 9.18 Å². The molecule has 1 aromatic carbocycles. The van der Waals surface area contributed by atoms with E-state index >= 15 is 0 Å². The van der Waals surface area contributed by atoms with Crippen LogP contribution in [0.5, 0.6) is 5.75 Å². The van der Waals surface area contributed by atoms with Gasteiger partial charge >= 0.3 is 6.09 Å². The van der Waals surface area contributed by atoms with Gasteiger partial charge in [-0.15, -0.1) is 0 Å². The second-order valence-corrected chi connectivity index (χ2v) is 4.22. The summed E-state index contributed by atoms with van der Waals surface area (Å²) in [4.78, 5) is 11.3. The minimum Gasteiger partial charge on any atom is -0.410 e. The first-order valence-electron chi connectivity index (χ1n) is 4.62. The average molecular weight is 211 g/mol. The molecule has 0 aliphatic heterocycles. The van der Waals surface area contributed by atoms with Crippen LogP contribution in [-0.4, -0.2) is 11.6 Å². The molecule has 0 bridgehead atoms. The van der Waals surface area contributed by atoms with Gasteiger partial charge in [-0.2, -0.15) is 0 Å². The minimum atomic E-state index is -0.547. The molecule has 0 atom stereocenters. The first kappa shape index (κ1) is 11.5. The van der Waals surface area contributed by atoms with E-state index in [2.05, 4.69) is 5.32 Å². The molecule has 1 N–H and O–H groups in total. The maximum absolute atomic E-state index is 12.5. The predicted molar refractivity (Wildman–Crippen MR) is 55.3 cm³/mol. The van der Waals surface area contributed by atoms with Crippen molar-refractivity contribution in [2.75, 3.05) is 0 Å². The van der Waals surface area contributed by atoms with Crippen LogP contribution in [0.15, 0.2) is 24.3 Å². The highest BCUT2D eigenvalue weighted by Gasteiger charge is 2.14. The number of amides is 1. The van der Waals surface area contributed by atoms with E-state index in [1.165, 1.54) is 24.3 Å². The third-order valence-electron chi connectivity index (χ3n) is 1.50. The van der Waals surface area contributed by atoms with E-state index in [-0.39, 0.29) is 11.4 Å². The molecule has 82 valence electrons.